The second-order valence-electron chi connectivity index (χ2n) is 4.80. The maximum atomic E-state index is 12.0. The van der Waals surface area contributed by atoms with Crippen molar-refractivity contribution in [3.05, 3.63) is 18.0 Å². The number of aliphatic carboxylic acids is 1. The van der Waals surface area contributed by atoms with Crippen LogP contribution in [0, 0.1) is 0 Å². The number of ether oxygens (including phenoxy) is 1. The zero-order valence-corrected chi connectivity index (χ0v) is 11.5. The Hall–Kier alpha value is -1.89. The molecule has 0 saturated carbocycles. The number of amides is 1. The molecule has 1 unspecified atom stereocenters. The van der Waals surface area contributed by atoms with E-state index >= 15 is 0 Å². The molecule has 2 N–H and O–H groups in total. The van der Waals surface area contributed by atoms with Crippen molar-refractivity contribution in [1.29, 1.82) is 0 Å². The van der Waals surface area contributed by atoms with Gasteiger partial charge in [-0.3, -0.25) is 9.48 Å². The smallest absolute Gasteiger partial charge is 0.331 e. The summed E-state index contributed by atoms with van der Waals surface area (Å²) >= 11 is 0. The molecule has 0 fully saturated rings. The average Bonchev–Trinajstić information content (AvgIpc) is 2.78. The number of rotatable bonds is 6. The molecule has 0 aliphatic heterocycles. The summed E-state index contributed by atoms with van der Waals surface area (Å²) in [5.74, 6) is -1.70. The zero-order valence-electron chi connectivity index (χ0n) is 11.5. The first kappa shape index (κ1) is 15.2. The normalized spacial score (nSPS) is 14.2. The molecule has 0 radical (unpaired) electrons. The molecule has 19 heavy (non-hydrogen) atoms. The molecule has 1 atom stereocenters. The Labute approximate surface area is 111 Å². The molecule has 0 aliphatic carbocycles. The molecule has 1 aromatic rings. The minimum absolute atomic E-state index is 0.126. The van der Waals surface area contributed by atoms with Gasteiger partial charge in [-0.1, -0.05) is 0 Å². The second kappa shape index (κ2) is 5.83. The highest BCUT2D eigenvalue weighted by Gasteiger charge is 2.35. The third-order valence-electron chi connectivity index (χ3n) is 2.66. The summed E-state index contributed by atoms with van der Waals surface area (Å²) in [6, 6.07) is 1.68. The van der Waals surface area contributed by atoms with E-state index in [4.69, 9.17) is 9.84 Å². The molecule has 0 bridgehead atoms. The lowest BCUT2D eigenvalue weighted by molar-refractivity contribution is -0.145. The minimum Gasteiger partial charge on any atom is -0.479 e. The number of nitrogens with one attached hydrogen (secondary N) is 1. The van der Waals surface area contributed by atoms with Gasteiger partial charge in [-0.05, 0) is 26.8 Å². The predicted octanol–water partition coefficient (Wildman–Crippen LogP) is 0.684. The van der Waals surface area contributed by atoms with Crippen molar-refractivity contribution in [1.82, 2.24) is 15.1 Å². The Bertz CT molecular complexity index is 469. The first-order valence-corrected chi connectivity index (χ1v) is 5.90. The molecule has 1 amide bonds. The van der Waals surface area contributed by atoms with Crippen molar-refractivity contribution >= 4 is 11.9 Å². The van der Waals surface area contributed by atoms with Crippen molar-refractivity contribution in [3.63, 3.8) is 0 Å². The van der Waals surface area contributed by atoms with Crippen molar-refractivity contribution in [2.45, 2.75) is 32.4 Å². The molecule has 0 aromatic carbocycles. The van der Waals surface area contributed by atoms with E-state index in [1.165, 1.54) is 14.0 Å². The quantitative estimate of drug-likeness (QED) is 0.792. The molecular formula is C12H19N3O4. The first-order valence-electron chi connectivity index (χ1n) is 5.90. The minimum atomic E-state index is -1.48. The third-order valence-corrected chi connectivity index (χ3v) is 2.66. The van der Waals surface area contributed by atoms with E-state index in [1.54, 1.807) is 16.9 Å². The molecule has 1 heterocycles. The van der Waals surface area contributed by atoms with Gasteiger partial charge in [0.2, 0.25) is 0 Å². The zero-order chi connectivity index (χ0) is 14.6. The van der Waals surface area contributed by atoms with Gasteiger partial charge in [0.1, 0.15) is 5.69 Å². The highest BCUT2D eigenvalue weighted by molar-refractivity contribution is 5.96. The highest BCUT2D eigenvalue weighted by Crippen LogP contribution is 2.08. The van der Waals surface area contributed by atoms with E-state index in [-0.39, 0.29) is 18.3 Å². The molecule has 0 saturated heterocycles. The summed E-state index contributed by atoms with van der Waals surface area (Å²) < 4.78 is 6.46. The summed E-state index contributed by atoms with van der Waals surface area (Å²) in [5, 5.41) is 15.6. The number of hydrogen-bond acceptors (Lipinski definition) is 4. The predicted molar refractivity (Wildman–Crippen MR) is 68.0 cm³/mol. The van der Waals surface area contributed by atoms with Gasteiger partial charge in [0, 0.05) is 19.3 Å². The summed E-state index contributed by atoms with van der Waals surface area (Å²) in [4.78, 5) is 23.1. The Morgan fingerprint density at radius 3 is 2.63 bits per heavy atom. The number of carbonyl (C=O) groups is 2. The lowest BCUT2D eigenvalue weighted by atomic mass is 10.0. The Morgan fingerprint density at radius 2 is 2.21 bits per heavy atom. The molecule has 7 heteroatoms. The number of methoxy groups -OCH3 is 1. The van der Waals surface area contributed by atoms with Gasteiger partial charge < -0.3 is 15.2 Å². The van der Waals surface area contributed by atoms with E-state index in [0.29, 0.717) is 0 Å². The maximum absolute atomic E-state index is 12.0. The van der Waals surface area contributed by atoms with Gasteiger partial charge in [-0.25, -0.2) is 4.79 Å². The fourth-order valence-corrected chi connectivity index (χ4v) is 1.50. The molecule has 1 aromatic heterocycles. The van der Waals surface area contributed by atoms with Gasteiger partial charge in [0.25, 0.3) is 5.91 Å². The molecular weight excluding hydrogens is 250 g/mol. The van der Waals surface area contributed by atoms with Gasteiger partial charge >= 0.3 is 5.97 Å². The third kappa shape index (κ3) is 3.54. The molecule has 0 spiro atoms. The van der Waals surface area contributed by atoms with Crippen LogP contribution in [0.3, 0.4) is 0 Å². The van der Waals surface area contributed by atoms with Crippen LogP contribution in [0.25, 0.3) is 0 Å². The van der Waals surface area contributed by atoms with Gasteiger partial charge in [0.05, 0.1) is 6.61 Å². The fraction of sp³-hybridized carbons (Fsp3) is 0.583. The summed E-state index contributed by atoms with van der Waals surface area (Å²) in [5.41, 5.74) is -1.30. The van der Waals surface area contributed by atoms with E-state index in [9.17, 15) is 9.59 Å². The van der Waals surface area contributed by atoms with Gasteiger partial charge in [-0.2, -0.15) is 5.10 Å². The highest BCUT2D eigenvalue weighted by atomic mass is 16.5. The Balaban J connectivity index is 2.85. The Morgan fingerprint density at radius 1 is 1.58 bits per heavy atom. The molecule has 106 valence electrons. The van der Waals surface area contributed by atoms with Crippen molar-refractivity contribution < 1.29 is 19.4 Å². The van der Waals surface area contributed by atoms with Gasteiger partial charge in [0.15, 0.2) is 5.54 Å². The summed E-state index contributed by atoms with van der Waals surface area (Å²) in [6.07, 6.45) is 1.67. The number of aromatic nitrogens is 2. The van der Waals surface area contributed by atoms with Crippen LogP contribution < -0.4 is 5.32 Å². The molecule has 1 rings (SSSR count). The second-order valence-corrected chi connectivity index (χ2v) is 4.80. The van der Waals surface area contributed by atoms with Crippen LogP contribution >= 0.6 is 0 Å². The number of carboxylic acid groups (broad SMARTS) is 1. The fourth-order valence-electron chi connectivity index (χ4n) is 1.50. The molecule has 7 nitrogen and oxygen atoms in total. The topological polar surface area (TPSA) is 93.5 Å². The van der Waals surface area contributed by atoms with Crippen LogP contribution in [0.4, 0.5) is 0 Å². The van der Waals surface area contributed by atoms with E-state index in [2.05, 4.69) is 10.4 Å². The lowest BCUT2D eigenvalue weighted by Gasteiger charge is -2.24. The van der Waals surface area contributed by atoms with Crippen LogP contribution in [0.2, 0.25) is 0 Å². The number of carboxylic acids is 1. The SMILES string of the molecule is COCC(C)(NC(=O)c1ccn(C(C)C)n1)C(=O)O. The van der Waals surface area contributed by atoms with Crippen LogP contribution in [-0.2, 0) is 9.53 Å². The van der Waals surface area contributed by atoms with Crippen LogP contribution in [0.1, 0.15) is 37.3 Å². The number of hydrogen-bond donors (Lipinski definition) is 2. The standard InChI is InChI=1S/C12H19N3O4/c1-8(2)15-6-5-9(14-15)10(16)13-12(3,7-19-4)11(17)18/h5-6,8H,7H2,1-4H3,(H,13,16)(H,17,18). The largest absolute Gasteiger partial charge is 0.479 e. The van der Waals surface area contributed by atoms with E-state index in [0.717, 1.165) is 0 Å². The summed E-state index contributed by atoms with van der Waals surface area (Å²) in [6.45, 7) is 5.12. The Kier molecular flexibility index (Phi) is 4.66. The monoisotopic (exact) mass is 269 g/mol. The van der Waals surface area contributed by atoms with E-state index < -0.39 is 17.4 Å². The van der Waals surface area contributed by atoms with Crippen LogP contribution in [0.5, 0.6) is 0 Å². The van der Waals surface area contributed by atoms with Crippen molar-refractivity contribution in [2.24, 2.45) is 0 Å². The first-order chi connectivity index (χ1) is 8.80. The van der Waals surface area contributed by atoms with Crippen molar-refractivity contribution in [3.8, 4) is 0 Å². The van der Waals surface area contributed by atoms with Crippen molar-refractivity contribution in [2.75, 3.05) is 13.7 Å². The van der Waals surface area contributed by atoms with E-state index in [1.807, 2.05) is 13.8 Å². The number of carbonyl (C=O) groups excluding carboxylic acids is 1. The average molecular weight is 269 g/mol. The maximum Gasteiger partial charge on any atom is 0.331 e. The molecule has 0 aliphatic rings. The van der Waals surface area contributed by atoms with Gasteiger partial charge in [-0.15, -0.1) is 0 Å². The summed E-state index contributed by atoms with van der Waals surface area (Å²) in [7, 11) is 1.38. The van der Waals surface area contributed by atoms with Crippen LogP contribution in [-0.4, -0.2) is 46.0 Å². The number of nitrogens with zero attached hydrogens (tertiary/aromatic N) is 2. The lowest BCUT2D eigenvalue weighted by Crippen LogP contribution is -2.55. The van der Waals surface area contributed by atoms with Crippen LogP contribution in [0.15, 0.2) is 12.3 Å².